The molecule has 0 fully saturated rings. The Labute approximate surface area is 131 Å². The number of amides is 2. The molecule has 5 nitrogen and oxygen atoms in total. The first-order valence-corrected chi connectivity index (χ1v) is 6.92. The molecular formula is C17H13FN2O3. The number of carbonyl (C=O) groups is 2. The van der Waals surface area contributed by atoms with Crippen LogP contribution in [0.1, 0.15) is 5.56 Å². The first-order chi connectivity index (χ1) is 11.1. The molecule has 0 aliphatic carbocycles. The fourth-order valence-electron chi connectivity index (χ4n) is 2.12. The summed E-state index contributed by atoms with van der Waals surface area (Å²) < 4.78 is 18.7. The molecule has 1 heterocycles. The van der Waals surface area contributed by atoms with Gasteiger partial charge in [0.25, 0.3) is 5.91 Å². The van der Waals surface area contributed by atoms with Gasteiger partial charge in [0.15, 0.2) is 6.61 Å². The minimum Gasteiger partial charge on any atom is -0.482 e. The van der Waals surface area contributed by atoms with Crippen molar-refractivity contribution < 1.29 is 18.7 Å². The highest BCUT2D eigenvalue weighted by Crippen LogP contribution is 2.30. The normalized spacial score (nSPS) is 13.2. The standard InChI is InChI=1S/C17H13FN2O3/c18-13-4-2-1-3-11(13)5-8-16(21)19-12-6-7-15-14(9-12)20-17(22)10-23-15/h1-9H,10H2,(H,19,21)(H,20,22)/b8-5+. The first kappa shape index (κ1) is 14.8. The van der Waals surface area contributed by atoms with Crippen molar-refractivity contribution in [2.75, 3.05) is 17.2 Å². The zero-order valence-corrected chi connectivity index (χ0v) is 12.0. The largest absolute Gasteiger partial charge is 0.482 e. The third-order valence-electron chi connectivity index (χ3n) is 3.20. The van der Waals surface area contributed by atoms with Gasteiger partial charge in [-0.2, -0.15) is 0 Å². The van der Waals surface area contributed by atoms with Crippen LogP contribution in [0.5, 0.6) is 5.75 Å². The predicted molar refractivity (Wildman–Crippen MR) is 84.6 cm³/mol. The monoisotopic (exact) mass is 312 g/mol. The molecule has 2 amide bonds. The average Bonchev–Trinajstić information content (AvgIpc) is 2.54. The number of benzene rings is 2. The van der Waals surface area contributed by atoms with E-state index in [1.54, 1.807) is 36.4 Å². The van der Waals surface area contributed by atoms with Gasteiger partial charge in [0.2, 0.25) is 5.91 Å². The van der Waals surface area contributed by atoms with Gasteiger partial charge in [0, 0.05) is 17.3 Å². The van der Waals surface area contributed by atoms with Crippen LogP contribution in [0.25, 0.3) is 6.08 Å². The highest BCUT2D eigenvalue weighted by atomic mass is 19.1. The summed E-state index contributed by atoms with van der Waals surface area (Å²) in [6.07, 6.45) is 2.64. The summed E-state index contributed by atoms with van der Waals surface area (Å²) in [6, 6.07) is 11.1. The van der Waals surface area contributed by atoms with Gasteiger partial charge in [-0.1, -0.05) is 18.2 Å². The Balaban J connectivity index is 1.70. The number of rotatable bonds is 3. The second-order valence-corrected chi connectivity index (χ2v) is 4.89. The van der Waals surface area contributed by atoms with E-state index >= 15 is 0 Å². The van der Waals surface area contributed by atoms with Crippen LogP contribution in [0.4, 0.5) is 15.8 Å². The van der Waals surface area contributed by atoms with E-state index in [4.69, 9.17) is 4.74 Å². The Bertz CT molecular complexity index is 802. The topological polar surface area (TPSA) is 67.4 Å². The Morgan fingerprint density at radius 3 is 2.91 bits per heavy atom. The summed E-state index contributed by atoms with van der Waals surface area (Å²) in [7, 11) is 0. The third-order valence-corrected chi connectivity index (χ3v) is 3.20. The second-order valence-electron chi connectivity index (χ2n) is 4.89. The van der Waals surface area contributed by atoms with Gasteiger partial charge in [0.05, 0.1) is 5.69 Å². The van der Waals surface area contributed by atoms with Crippen molar-refractivity contribution in [2.45, 2.75) is 0 Å². The van der Waals surface area contributed by atoms with Gasteiger partial charge in [-0.05, 0) is 30.3 Å². The fourth-order valence-corrected chi connectivity index (χ4v) is 2.12. The van der Waals surface area contributed by atoms with Gasteiger partial charge in [-0.3, -0.25) is 9.59 Å². The number of nitrogens with one attached hydrogen (secondary N) is 2. The Hall–Kier alpha value is -3.15. The predicted octanol–water partition coefficient (Wildman–Crippen LogP) is 2.81. The van der Waals surface area contributed by atoms with Crippen molar-refractivity contribution in [1.82, 2.24) is 0 Å². The highest BCUT2D eigenvalue weighted by molar-refractivity contribution is 6.03. The zero-order chi connectivity index (χ0) is 16.2. The number of hydrogen-bond donors (Lipinski definition) is 2. The van der Waals surface area contributed by atoms with Gasteiger partial charge >= 0.3 is 0 Å². The first-order valence-electron chi connectivity index (χ1n) is 6.92. The summed E-state index contributed by atoms with van der Waals surface area (Å²) in [5.74, 6) is -0.508. The molecule has 0 radical (unpaired) electrons. The van der Waals surface area contributed by atoms with Crippen LogP contribution in [0.3, 0.4) is 0 Å². The molecule has 0 aromatic heterocycles. The quantitative estimate of drug-likeness (QED) is 0.856. The molecule has 1 aliphatic heterocycles. The van der Waals surface area contributed by atoms with Crippen molar-refractivity contribution in [3.8, 4) is 5.75 Å². The van der Waals surface area contributed by atoms with E-state index in [1.165, 1.54) is 18.2 Å². The van der Waals surface area contributed by atoms with E-state index in [9.17, 15) is 14.0 Å². The van der Waals surface area contributed by atoms with Gasteiger partial charge < -0.3 is 15.4 Å². The maximum Gasteiger partial charge on any atom is 0.262 e. The maximum absolute atomic E-state index is 13.5. The Kier molecular flexibility index (Phi) is 4.05. The van der Waals surface area contributed by atoms with Gasteiger partial charge in [0.1, 0.15) is 11.6 Å². The summed E-state index contributed by atoms with van der Waals surface area (Å²) in [5.41, 5.74) is 1.32. The van der Waals surface area contributed by atoms with Crippen molar-refractivity contribution in [1.29, 1.82) is 0 Å². The highest BCUT2D eigenvalue weighted by Gasteiger charge is 2.16. The molecule has 23 heavy (non-hydrogen) atoms. The van der Waals surface area contributed by atoms with Crippen molar-refractivity contribution in [3.63, 3.8) is 0 Å². The molecule has 0 bridgehead atoms. The molecule has 0 saturated heterocycles. The van der Waals surface area contributed by atoms with Crippen LogP contribution in [-0.4, -0.2) is 18.4 Å². The molecule has 3 rings (SSSR count). The van der Waals surface area contributed by atoms with Crippen LogP contribution < -0.4 is 15.4 Å². The summed E-state index contributed by atoms with van der Waals surface area (Å²) in [6.45, 7) is -0.0237. The lowest BCUT2D eigenvalue weighted by molar-refractivity contribution is -0.118. The van der Waals surface area contributed by atoms with Gasteiger partial charge in [-0.25, -0.2) is 4.39 Å². The van der Waals surface area contributed by atoms with Gasteiger partial charge in [-0.15, -0.1) is 0 Å². The summed E-state index contributed by atoms with van der Waals surface area (Å²) >= 11 is 0. The fraction of sp³-hybridized carbons (Fsp3) is 0.0588. The molecule has 0 atom stereocenters. The van der Waals surface area contributed by atoms with Crippen LogP contribution >= 0.6 is 0 Å². The van der Waals surface area contributed by atoms with Crippen molar-refractivity contribution in [2.24, 2.45) is 0 Å². The lowest BCUT2D eigenvalue weighted by Gasteiger charge is -2.18. The van der Waals surface area contributed by atoms with E-state index in [-0.39, 0.29) is 12.5 Å². The lowest BCUT2D eigenvalue weighted by Crippen LogP contribution is -2.25. The molecule has 0 spiro atoms. The van der Waals surface area contributed by atoms with E-state index < -0.39 is 11.7 Å². The smallest absolute Gasteiger partial charge is 0.262 e. The third kappa shape index (κ3) is 3.55. The number of hydrogen-bond acceptors (Lipinski definition) is 3. The lowest BCUT2D eigenvalue weighted by atomic mass is 10.2. The molecule has 0 saturated carbocycles. The number of anilines is 2. The summed E-state index contributed by atoms with van der Waals surface area (Å²) in [5, 5.41) is 5.30. The Morgan fingerprint density at radius 1 is 1.26 bits per heavy atom. The van der Waals surface area contributed by atoms with Crippen LogP contribution in [-0.2, 0) is 9.59 Å². The molecular weight excluding hydrogens is 299 g/mol. The molecule has 116 valence electrons. The van der Waals surface area contributed by atoms with E-state index in [0.29, 0.717) is 22.7 Å². The number of carbonyl (C=O) groups excluding carboxylic acids is 2. The number of ether oxygens (including phenoxy) is 1. The molecule has 2 N–H and O–H groups in total. The van der Waals surface area contributed by atoms with E-state index in [2.05, 4.69) is 10.6 Å². The molecule has 2 aromatic rings. The Morgan fingerprint density at radius 2 is 2.09 bits per heavy atom. The second kappa shape index (κ2) is 6.31. The van der Waals surface area contributed by atoms with E-state index in [1.807, 2.05) is 0 Å². The molecule has 6 heteroatoms. The minimum absolute atomic E-state index is 0.0237. The summed E-state index contributed by atoms with van der Waals surface area (Å²) in [4.78, 5) is 23.2. The van der Waals surface area contributed by atoms with E-state index in [0.717, 1.165) is 0 Å². The van der Waals surface area contributed by atoms with Crippen LogP contribution in [0, 0.1) is 5.82 Å². The zero-order valence-electron chi connectivity index (χ0n) is 12.0. The van der Waals surface area contributed by atoms with Crippen LogP contribution in [0.15, 0.2) is 48.5 Å². The van der Waals surface area contributed by atoms with Crippen molar-refractivity contribution in [3.05, 3.63) is 59.9 Å². The minimum atomic E-state index is -0.406. The number of fused-ring (bicyclic) bond motifs is 1. The molecule has 2 aromatic carbocycles. The van der Waals surface area contributed by atoms with Crippen molar-refractivity contribution >= 4 is 29.3 Å². The molecule has 0 unspecified atom stereocenters. The van der Waals surface area contributed by atoms with Crippen LogP contribution in [0.2, 0.25) is 0 Å². The average molecular weight is 312 g/mol. The maximum atomic E-state index is 13.5. The molecule has 1 aliphatic rings. The number of halogens is 1. The SMILES string of the molecule is O=C(/C=C/c1ccccc1F)Nc1ccc2c(c1)NC(=O)CO2.